The van der Waals surface area contributed by atoms with Crippen molar-refractivity contribution in [3.8, 4) is 5.75 Å². The number of carbonyl (C=O) groups excluding carboxylic acids is 2. The van der Waals surface area contributed by atoms with Crippen LogP contribution in [0.3, 0.4) is 0 Å². The minimum atomic E-state index is -0.848. The monoisotopic (exact) mass is 522 g/mol. The number of anilines is 1. The van der Waals surface area contributed by atoms with E-state index in [2.05, 4.69) is 5.32 Å². The predicted octanol–water partition coefficient (Wildman–Crippen LogP) is 3.87. The van der Waals surface area contributed by atoms with Crippen molar-refractivity contribution in [2.24, 2.45) is 4.99 Å². The number of nitrogens with zero attached hydrogens (tertiary/aromatic N) is 3. The van der Waals surface area contributed by atoms with Gasteiger partial charge in [0.25, 0.3) is 0 Å². The topological polar surface area (TPSA) is 122 Å². The average molecular weight is 523 g/mol. The summed E-state index contributed by atoms with van der Waals surface area (Å²) in [5.41, 5.74) is 2.61. The van der Waals surface area contributed by atoms with Gasteiger partial charge in [-0.1, -0.05) is 23.7 Å². The normalized spacial score (nSPS) is 17.1. The maximum atomic E-state index is 12.9. The van der Waals surface area contributed by atoms with Crippen molar-refractivity contribution in [2.45, 2.75) is 38.6 Å². The molecular weight excluding hydrogens is 492 g/mol. The minimum Gasteiger partial charge on any atom is -0.497 e. The van der Waals surface area contributed by atoms with E-state index in [1.54, 1.807) is 38.3 Å². The van der Waals surface area contributed by atoms with E-state index in [1.807, 2.05) is 23.1 Å². The maximum absolute atomic E-state index is 12.9. The molecule has 3 N–H and O–H groups in total. The van der Waals surface area contributed by atoms with Gasteiger partial charge < -0.3 is 15.0 Å². The number of likely N-dealkylation sites (tertiary alicyclic amines) is 1. The number of aliphatic imine (C=N–C) groups is 1. The number of amides is 2. The summed E-state index contributed by atoms with van der Waals surface area (Å²) in [5, 5.41) is 20.7. The number of nitrogens with one attached hydrogen (secondary N) is 3. The summed E-state index contributed by atoms with van der Waals surface area (Å²) >= 11 is 6.12. The van der Waals surface area contributed by atoms with Crippen LogP contribution in [0.15, 0.2) is 47.5 Å². The highest BCUT2D eigenvalue weighted by molar-refractivity contribution is 6.31. The fourth-order valence-corrected chi connectivity index (χ4v) is 4.74. The Bertz CT molecular complexity index is 1240. The number of benzene rings is 2. The Morgan fingerprint density at radius 1 is 1.16 bits per heavy atom. The molecule has 0 aromatic heterocycles. The average Bonchev–Trinajstić information content (AvgIpc) is 3.39. The first-order valence-electron chi connectivity index (χ1n) is 12.3. The molecule has 1 unspecified atom stereocenters. The SMILES string of the molecule is COc1ccc2c(c1)C(c1ccc(Cl)cc1)=NC(CC(=O)NCCC(=O)N1CCCC1)C(=N)N2C(C)=N. The summed E-state index contributed by atoms with van der Waals surface area (Å²) in [6.45, 7) is 3.38. The quantitative estimate of drug-likeness (QED) is 0.377. The second-order valence-electron chi connectivity index (χ2n) is 9.08. The highest BCUT2D eigenvalue weighted by Gasteiger charge is 2.32. The van der Waals surface area contributed by atoms with Crippen LogP contribution in [0.1, 0.15) is 43.7 Å². The van der Waals surface area contributed by atoms with Crippen molar-refractivity contribution in [1.29, 1.82) is 10.8 Å². The summed E-state index contributed by atoms with van der Waals surface area (Å²) in [5.74, 6) is 0.484. The number of ether oxygens (including phenoxy) is 1. The van der Waals surface area contributed by atoms with Crippen molar-refractivity contribution in [2.75, 3.05) is 31.6 Å². The predicted molar refractivity (Wildman–Crippen MR) is 146 cm³/mol. The van der Waals surface area contributed by atoms with Crippen LogP contribution < -0.4 is 15.0 Å². The summed E-state index contributed by atoms with van der Waals surface area (Å²) in [6, 6.07) is 11.7. The molecule has 0 saturated carbocycles. The molecule has 0 aliphatic carbocycles. The molecule has 1 fully saturated rings. The number of methoxy groups -OCH3 is 1. The Morgan fingerprint density at radius 2 is 1.86 bits per heavy atom. The van der Waals surface area contributed by atoms with E-state index in [0.717, 1.165) is 31.5 Å². The third-order valence-corrected chi connectivity index (χ3v) is 6.74. The minimum absolute atomic E-state index is 0.0196. The number of amidine groups is 2. The zero-order chi connectivity index (χ0) is 26.5. The van der Waals surface area contributed by atoms with Gasteiger partial charge in [-0.2, -0.15) is 0 Å². The number of hydrogen-bond acceptors (Lipinski definition) is 6. The van der Waals surface area contributed by atoms with Crippen molar-refractivity contribution in [3.63, 3.8) is 0 Å². The Hall–Kier alpha value is -3.72. The van der Waals surface area contributed by atoms with Gasteiger partial charge in [0, 0.05) is 42.2 Å². The summed E-state index contributed by atoms with van der Waals surface area (Å²) < 4.78 is 5.44. The molecule has 1 saturated heterocycles. The number of hydrogen-bond donors (Lipinski definition) is 3. The van der Waals surface area contributed by atoms with Crippen LogP contribution in [0.4, 0.5) is 5.69 Å². The van der Waals surface area contributed by atoms with Crippen molar-refractivity contribution in [1.82, 2.24) is 10.2 Å². The second-order valence-corrected chi connectivity index (χ2v) is 9.52. The molecule has 1 atom stereocenters. The van der Waals surface area contributed by atoms with Gasteiger partial charge in [0.1, 0.15) is 23.5 Å². The molecule has 0 spiro atoms. The van der Waals surface area contributed by atoms with Crippen molar-refractivity contribution >= 4 is 46.5 Å². The standard InChI is InChI=1S/C27H31ClN6O3/c1-17(29)34-23-10-9-20(37-2)15-21(23)26(18-5-7-19(28)8-6-18)32-22(27(34)30)16-24(35)31-12-11-25(36)33-13-3-4-14-33/h5-10,15,22,29-30H,3-4,11-14,16H2,1-2H3,(H,31,35). The molecule has 0 bridgehead atoms. The molecule has 10 heteroatoms. The maximum Gasteiger partial charge on any atom is 0.224 e. The fraction of sp³-hybridized carbons (Fsp3) is 0.370. The Kier molecular flexibility index (Phi) is 8.23. The van der Waals surface area contributed by atoms with Gasteiger partial charge in [-0.05, 0) is 50.1 Å². The Morgan fingerprint density at radius 3 is 2.51 bits per heavy atom. The van der Waals surface area contributed by atoms with Crippen LogP contribution in [0, 0.1) is 10.8 Å². The summed E-state index contributed by atoms with van der Waals surface area (Å²) in [7, 11) is 1.57. The first-order chi connectivity index (χ1) is 17.8. The Labute approximate surface area is 221 Å². The first-order valence-corrected chi connectivity index (χ1v) is 12.7. The largest absolute Gasteiger partial charge is 0.497 e. The van der Waals surface area contributed by atoms with Gasteiger partial charge >= 0.3 is 0 Å². The second kappa shape index (κ2) is 11.6. The Balaban J connectivity index is 1.62. The van der Waals surface area contributed by atoms with E-state index >= 15 is 0 Å². The fourth-order valence-electron chi connectivity index (χ4n) is 4.61. The van der Waals surface area contributed by atoms with Crippen molar-refractivity contribution < 1.29 is 14.3 Å². The van der Waals surface area contributed by atoms with E-state index in [9.17, 15) is 9.59 Å². The molecule has 37 heavy (non-hydrogen) atoms. The van der Waals surface area contributed by atoms with Gasteiger partial charge in [-0.25, -0.2) is 0 Å². The van der Waals surface area contributed by atoms with E-state index in [-0.39, 0.29) is 42.9 Å². The third kappa shape index (κ3) is 5.99. The molecule has 194 valence electrons. The first kappa shape index (κ1) is 26.3. The van der Waals surface area contributed by atoms with Gasteiger partial charge in [-0.15, -0.1) is 0 Å². The number of carbonyl (C=O) groups is 2. The third-order valence-electron chi connectivity index (χ3n) is 6.49. The molecular formula is C27H31ClN6O3. The molecule has 2 amide bonds. The summed E-state index contributed by atoms with van der Waals surface area (Å²) in [6.07, 6.45) is 2.19. The number of halogens is 1. The van der Waals surface area contributed by atoms with Crippen molar-refractivity contribution in [3.05, 3.63) is 58.6 Å². The lowest BCUT2D eigenvalue weighted by molar-refractivity contribution is -0.130. The lowest BCUT2D eigenvalue weighted by Gasteiger charge is -2.26. The molecule has 2 aliphatic heterocycles. The number of benzodiazepines with no additional fused rings is 1. The van der Waals surface area contributed by atoms with E-state index in [1.165, 1.54) is 4.90 Å². The van der Waals surface area contributed by atoms with Crippen LogP contribution in [0.25, 0.3) is 0 Å². The highest BCUT2D eigenvalue weighted by atomic mass is 35.5. The molecule has 2 aromatic carbocycles. The van der Waals surface area contributed by atoms with E-state index in [4.69, 9.17) is 32.1 Å². The van der Waals surface area contributed by atoms with E-state index in [0.29, 0.717) is 27.7 Å². The van der Waals surface area contributed by atoms with E-state index < -0.39 is 6.04 Å². The molecule has 0 radical (unpaired) electrons. The lowest BCUT2D eigenvalue weighted by Crippen LogP contribution is -2.42. The molecule has 2 aromatic rings. The van der Waals surface area contributed by atoms with Crippen LogP contribution >= 0.6 is 11.6 Å². The van der Waals surface area contributed by atoms with Gasteiger partial charge in [0.2, 0.25) is 11.8 Å². The van der Waals surface area contributed by atoms with Crippen LogP contribution in [-0.2, 0) is 9.59 Å². The smallest absolute Gasteiger partial charge is 0.224 e. The van der Waals surface area contributed by atoms with Gasteiger partial charge in [0.15, 0.2) is 0 Å². The molecule has 2 heterocycles. The molecule has 2 aliphatic rings. The zero-order valence-corrected chi connectivity index (χ0v) is 21.8. The lowest BCUT2D eigenvalue weighted by atomic mass is 9.99. The molecule has 9 nitrogen and oxygen atoms in total. The van der Waals surface area contributed by atoms with Crippen LogP contribution in [0.2, 0.25) is 5.02 Å². The number of fused-ring (bicyclic) bond motifs is 1. The zero-order valence-electron chi connectivity index (χ0n) is 21.0. The van der Waals surface area contributed by atoms with Crippen LogP contribution in [0.5, 0.6) is 5.75 Å². The van der Waals surface area contributed by atoms with Crippen LogP contribution in [-0.4, -0.2) is 66.9 Å². The molecule has 4 rings (SSSR count). The summed E-state index contributed by atoms with van der Waals surface area (Å²) in [4.78, 5) is 33.4. The number of rotatable bonds is 7. The van der Waals surface area contributed by atoms with Gasteiger partial charge in [0.05, 0.1) is 24.9 Å². The van der Waals surface area contributed by atoms with Gasteiger partial charge in [-0.3, -0.25) is 30.3 Å². The highest BCUT2D eigenvalue weighted by Crippen LogP contribution is 2.33.